The van der Waals surface area contributed by atoms with Gasteiger partial charge in [-0.3, -0.25) is 4.79 Å². The number of fused-ring (bicyclic) bond motifs is 1. The summed E-state index contributed by atoms with van der Waals surface area (Å²) < 4.78 is 0. The lowest BCUT2D eigenvalue weighted by atomic mass is 9.89. The summed E-state index contributed by atoms with van der Waals surface area (Å²) in [7, 11) is 0. The molecular weight excluding hydrogens is 224 g/mol. The van der Waals surface area contributed by atoms with Gasteiger partial charge >= 0.3 is 0 Å². The largest absolute Gasteiger partial charge is 0.325 e. The maximum Gasteiger partial charge on any atom is 0.230 e. The zero-order chi connectivity index (χ0) is 13.2. The van der Waals surface area contributed by atoms with Crippen LogP contribution in [0.4, 0.5) is 5.69 Å². The van der Waals surface area contributed by atoms with E-state index in [1.54, 1.807) is 0 Å². The van der Waals surface area contributed by atoms with Gasteiger partial charge < -0.3 is 10.6 Å². The molecule has 3 nitrogen and oxygen atoms in total. The molecule has 0 saturated heterocycles. The van der Waals surface area contributed by atoms with Crippen molar-refractivity contribution < 1.29 is 4.79 Å². The minimum atomic E-state index is -0.310. The van der Waals surface area contributed by atoms with Crippen LogP contribution in [0.3, 0.4) is 0 Å². The molecule has 0 spiro atoms. The number of hydrogen-bond donors (Lipinski definition) is 2. The lowest BCUT2D eigenvalue weighted by molar-refractivity contribution is -0.124. The second kappa shape index (κ2) is 5.11. The van der Waals surface area contributed by atoms with E-state index in [1.165, 1.54) is 11.1 Å². The second-order valence-corrected chi connectivity index (χ2v) is 5.56. The molecule has 1 aromatic carbocycles. The molecule has 1 aliphatic rings. The number of rotatable bonds is 3. The first-order valence-corrected chi connectivity index (χ1v) is 6.67. The van der Waals surface area contributed by atoms with Crippen molar-refractivity contribution in [3.05, 3.63) is 29.3 Å². The molecule has 18 heavy (non-hydrogen) atoms. The molecule has 1 aliphatic heterocycles. The molecule has 0 saturated carbocycles. The monoisotopic (exact) mass is 246 g/mol. The van der Waals surface area contributed by atoms with Crippen molar-refractivity contribution in [3.63, 3.8) is 0 Å². The van der Waals surface area contributed by atoms with Gasteiger partial charge in [-0.05, 0) is 36.6 Å². The fourth-order valence-electron chi connectivity index (χ4n) is 2.10. The normalized spacial score (nSPS) is 15.1. The Morgan fingerprint density at radius 3 is 2.94 bits per heavy atom. The summed E-state index contributed by atoms with van der Waals surface area (Å²) in [6, 6.07) is 6.15. The lowest BCUT2D eigenvalue weighted by Crippen LogP contribution is -2.31. The predicted molar refractivity (Wildman–Crippen MR) is 74.6 cm³/mol. The van der Waals surface area contributed by atoms with E-state index >= 15 is 0 Å². The first-order valence-electron chi connectivity index (χ1n) is 6.67. The summed E-state index contributed by atoms with van der Waals surface area (Å²) >= 11 is 0. The minimum Gasteiger partial charge on any atom is -0.325 e. The van der Waals surface area contributed by atoms with Gasteiger partial charge in [0.15, 0.2) is 0 Å². The number of benzene rings is 1. The van der Waals surface area contributed by atoms with Gasteiger partial charge in [0, 0.05) is 17.6 Å². The number of nitrogens with one attached hydrogen (secondary N) is 2. The van der Waals surface area contributed by atoms with E-state index in [0.29, 0.717) is 0 Å². The Bertz CT molecular complexity index is 452. The highest BCUT2D eigenvalue weighted by Crippen LogP contribution is 2.27. The Balaban J connectivity index is 2.22. The molecule has 0 bridgehead atoms. The smallest absolute Gasteiger partial charge is 0.230 e. The van der Waals surface area contributed by atoms with E-state index in [-0.39, 0.29) is 11.3 Å². The van der Waals surface area contributed by atoms with Crippen molar-refractivity contribution in [1.29, 1.82) is 0 Å². The molecule has 1 heterocycles. The standard InChI is InChI=1S/C15H22N2O/c1-4-15(2,3)14(18)17-13-7-5-6-11-10-16-9-8-12(11)13/h5-7,16H,4,8-10H2,1-3H3,(H,17,18). The fourth-order valence-corrected chi connectivity index (χ4v) is 2.10. The van der Waals surface area contributed by atoms with Crippen molar-refractivity contribution in [2.45, 2.75) is 40.2 Å². The van der Waals surface area contributed by atoms with Crippen LogP contribution in [0.1, 0.15) is 38.3 Å². The Kier molecular flexibility index (Phi) is 3.71. The molecule has 1 aromatic rings. The van der Waals surface area contributed by atoms with E-state index in [9.17, 15) is 4.79 Å². The summed E-state index contributed by atoms with van der Waals surface area (Å²) in [5.41, 5.74) is 3.26. The summed E-state index contributed by atoms with van der Waals surface area (Å²) in [6.07, 6.45) is 1.83. The second-order valence-electron chi connectivity index (χ2n) is 5.56. The van der Waals surface area contributed by atoms with Crippen LogP contribution < -0.4 is 10.6 Å². The van der Waals surface area contributed by atoms with Crippen LogP contribution in [-0.2, 0) is 17.8 Å². The average Bonchev–Trinajstić information content (AvgIpc) is 2.39. The lowest BCUT2D eigenvalue weighted by Gasteiger charge is -2.25. The number of hydrogen-bond acceptors (Lipinski definition) is 2. The van der Waals surface area contributed by atoms with Gasteiger partial charge in [-0.2, -0.15) is 0 Å². The Morgan fingerprint density at radius 2 is 2.22 bits per heavy atom. The van der Waals surface area contributed by atoms with Crippen molar-refractivity contribution in [1.82, 2.24) is 5.32 Å². The van der Waals surface area contributed by atoms with Crippen molar-refractivity contribution >= 4 is 11.6 Å². The molecule has 0 fully saturated rings. The molecular formula is C15H22N2O. The van der Waals surface area contributed by atoms with Gasteiger partial charge in [-0.25, -0.2) is 0 Å². The summed E-state index contributed by atoms with van der Waals surface area (Å²) in [5, 5.41) is 6.44. The van der Waals surface area contributed by atoms with Crippen LogP contribution in [0.5, 0.6) is 0 Å². The third-order valence-electron chi connectivity index (χ3n) is 3.89. The van der Waals surface area contributed by atoms with Gasteiger partial charge in [0.2, 0.25) is 5.91 Å². The van der Waals surface area contributed by atoms with Crippen molar-refractivity contribution in [2.75, 3.05) is 11.9 Å². The van der Waals surface area contributed by atoms with E-state index in [4.69, 9.17) is 0 Å². The van der Waals surface area contributed by atoms with Gasteiger partial charge in [0.05, 0.1) is 0 Å². The molecule has 1 amide bonds. The Morgan fingerprint density at radius 1 is 1.44 bits per heavy atom. The molecule has 98 valence electrons. The van der Waals surface area contributed by atoms with Gasteiger partial charge in [-0.1, -0.05) is 32.9 Å². The van der Waals surface area contributed by atoms with Gasteiger partial charge in [-0.15, -0.1) is 0 Å². The van der Waals surface area contributed by atoms with Crippen LogP contribution in [-0.4, -0.2) is 12.5 Å². The summed E-state index contributed by atoms with van der Waals surface area (Å²) in [5.74, 6) is 0.108. The van der Waals surface area contributed by atoms with E-state index in [1.807, 2.05) is 32.9 Å². The third kappa shape index (κ3) is 2.56. The van der Waals surface area contributed by atoms with Crippen LogP contribution in [0.25, 0.3) is 0 Å². The summed E-state index contributed by atoms with van der Waals surface area (Å²) in [4.78, 5) is 12.2. The Hall–Kier alpha value is -1.35. The van der Waals surface area contributed by atoms with Crippen LogP contribution in [0, 0.1) is 5.41 Å². The number of anilines is 1. The number of amides is 1. The molecule has 0 atom stereocenters. The fraction of sp³-hybridized carbons (Fsp3) is 0.533. The first-order chi connectivity index (χ1) is 8.54. The molecule has 0 unspecified atom stereocenters. The average molecular weight is 246 g/mol. The maximum absolute atomic E-state index is 12.2. The SMILES string of the molecule is CCC(C)(C)C(=O)Nc1cccc2c1CCNC2. The molecule has 0 aromatic heterocycles. The highest BCUT2D eigenvalue weighted by molar-refractivity contribution is 5.95. The first kappa shape index (κ1) is 13.1. The summed E-state index contributed by atoms with van der Waals surface area (Å²) in [6.45, 7) is 7.90. The van der Waals surface area contributed by atoms with Crippen LogP contribution in [0.2, 0.25) is 0 Å². The molecule has 0 aliphatic carbocycles. The van der Waals surface area contributed by atoms with E-state index in [2.05, 4.69) is 16.7 Å². The van der Waals surface area contributed by atoms with Gasteiger partial charge in [0.1, 0.15) is 0 Å². The Labute approximate surface area is 109 Å². The minimum absolute atomic E-state index is 0.108. The molecule has 0 radical (unpaired) electrons. The van der Waals surface area contributed by atoms with E-state index < -0.39 is 0 Å². The van der Waals surface area contributed by atoms with Gasteiger partial charge in [0.25, 0.3) is 0 Å². The molecule has 2 rings (SSSR count). The highest BCUT2D eigenvalue weighted by Gasteiger charge is 2.26. The number of carbonyl (C=O) groups is 1. The topological polar surface area (TPSA) is 41.1 Å². The van der Waals surface area contributed by atoms with E-state index in [0.717, 1.165) is 31.6 Å². The molecule has 3 heteroatoms. The number of carbonyl (C=O) groups excluding carboxylic acids is 1. The zero-order valence-electron chi connectivity index (χ0n) is 11.5. The van der Waals surface area contributed by atoms with Crippen LogP contribution in [0.15, 0.2) is 18.2 Å². The molecule has 2 N–H and O–H groups in total. The van der Waals surface area contributed by atoms with Crippen molar-refractivity contribution in [3.8, 4) is 0 Å². The zero-order valence-corrected chi connectivity index (χ0v) is 11.5. The van der Waals surface area contributed by atoms with Crippen molar-refractivity contribution in [2.24, 2.45) is 5.41 Å². The highest BCUT2D eigenvalue weighted by atomic mass is 16.2. The quantitative estimate of drug-likeness (QED) is 0.861. The third-order valence-corrected chi connectivity index (χ3v) is 3.89. The van der Waals surface area contributed by atoms with Crippen LogP contribution >= 0.6 is 0 Å². The predicted octanol–water partition coefficient (Wildman–Crippen LogP) is 2.71. The maximum atomic E-state index is 12.2.